The van der Waals surface area contributed by atoms with E-state index in [9.17, 15) is 4.79 Å². The maximum atomic E-state index is 11.8. The van der Waals surface area contributed by atoms with E-state index >= 15 is 0 Å². The first kappa shape index (κ1) is 18.8. The minimum absolute atomic E-state index is 0.113. The molecule has 1 aliphatic rings. The number of hydrogen-bond donors (Lipinski definition) is 0. The zero-order chi connectivity index (χ0) is 17.2. The first-order chi connectivity index (χ1) is 11.7. The van der Waals surface area contributed by atoms with Crippen LogP contribution in [0.4, 0.5) is 0 Å². The molecule has 2 heteroatoms. The Labute approximate surface area is 147 Å². The summed E-state index contributed by atoms with van der Waals surface area (Å²) in [7, 11) is 0. The van der Waals surface area contributed by atoms with Gasteiger partial charge in [-0.1, -0.05) is 64.2 Å². The van der Waals surface area contributed by atoms with Crippen LogP contribution in [0, 0.1) is 5.92 Å². The van der Waals surface area contributed by atoms with E-state index in [0.29, 0.717) is 12.2 Å². The zero-order valence-corrected chi connectivity index (χ0v) is 15.4. The number of benzene rings is 1. The molecular formula is C22H32O2. The molecule has 1 aromatic carbocycles. The highest BCUT2D eigenvalue weighted by Gasteiger charge is 2.14. The van der Waals surface area contributed by atoms with Crippen LogP contribution in [-0.4, -0.2) is 5.97 Å². The number of carbonyl (C=O) groups is 1. The number of allylic oxidation sites excluding steroid dienone is 2. The topological polar surface area (TPSA) is 26.3 Å². The van der Waals surface area contributed by atoms with Crippen LogP contribution >= 0.6 is 0 Å². The first-order valence-electron chi connectivity index (χ1n) is 9.73. The molecule has 0 bridgehead atoms. The molecule has 0 N–H and O–H groups in total. The first-order valence-corrected chi connectivity index (χ1v) is 9.73. The molecule has 0 spiro atoms. The van der Waals surface area contributed by atoms with Gasteiger partial charge in [0.05, 0.1) is 0 Å². The van der Waals surface area contributed by atoms with Crippen LogP contribution in [0.5, 0.6) is 5.75 Å². The Balaban J connectivity index is 1.81. The predicted octanol–water partition coefficient (Wildman–Crippen LogP) is 6.55. The van der Waals surface area contributed by atoms with E-state index in [4.69, 9.17) is 4.74 Å². The van der Waals surface area contributed by atoms with Gasteiger partial charge in [0, 0.05) is 6.42 Å². The van der Waals surface area contributed by atoms with Crippen molar-refractivity contribution in [2.75, 3.05) is 0 Å². The van der Waals surface area contributed by atoms with Crippen molar-refractivity contribution < 1.29 is 9.53 Å². The number of carbonyl (C=O) groups excluding carboxylic acids is 1. The Kier molecular flexibility index (Phi) is 8.07. The Morgan fingerprint density at radius 3 is 2.50 bits per heavy atom. The van der Waals surface area contributed by atoms with E-state index in [-0.39, 0.29) is 5.97 Å². The van der Waals surface area contributed by atoms with Crippen LogP contribution in [0.25, 0.3) is 5.57 Å². The van der Waals surface area contributed by atoms with E-state index in [1.807, 2.05) is 12.1 Å². The molecule has 0 radical (unpaired) electrons. The third-order valence-electron chi connectivity index (χ3n) is 4.91. The minimum atomic E-state index is -0.113. The Morgan fingerprint density at radius 2 is 1.88 bits per heavy atom. The van der Waals surface area contributed by atoms with Crippen molar-refractivity contribution in [1.29, 1.82) is 0 Å². The van der Waals surface area contributed by atoms with Crippen molar-refractivity contribution >= 4 is 11.5 Å². The highest BCUT2D eigenvalue weighted by Crippen LogP contribution is 2.32. The molecule has 0 fully saturated rings. The van der Waals surface area contributed by atoms with Crippen LogP contribution in [0.3, 0.4) is 0 Å². The summed E-state index contributed by atoms with van der Waals surface area (Å²) in [4.78, 5) is 11.8. The molecular weight excluding hydrogens is 296 g/mol. The Morgan fingerprint density at radius 1 is 1.08 bits per heavy atom. The van der Waals surface area contributed by atoms with E-state index in [1.165, 1.54) is 56.1 Å². The lowest BCUT2D eigenvalue weighted by Gasteiger charge is -2.21. The molecule has 1 atom stereocenters. The second-order valence-electron chi connectivity index (χ2n) is 6.97. The zero-order valence-electron chi connectivity index (χ0n) is 15.4. The number of ether oxygens (including phenoxy) is 1. The second-order valence-corrected chi connectivity index (χ2v) is 6.97. The van der Waals surface area contributed by atoms with Crippen LogP contribution < -0.4 is 4.74 Å². The SMILES string of the molecule is CCCCCCC(=O)Oc1ccc(C2=CCC(CCC)CC2)cc1. The lowest BCUT2D eigenvalue weighted by molar-refractivity contribution is -0.134. The van der Waals surface area contributed by atoms with Crippen LogP contribution in [0.15, 0.2) is 30.3 Å². The van der Waals surface area contributed by atoms with Gasteiger partial charge in [-0.2, -0.15) is 0 Å². The fourth-order valence-electron chi connectivity index (χ4n) is 3.44. The maximum Gasteiger partial charge on any atom is 0.311 e. The summed E-state index contributed by atoms with van der Waals surface area (Å²) in [5.74, 6) is 1.42. The van der Waals surface area contributed by atoms with E-state index in [1.54, 1.807) is 0 Å². The Hall–Kier alpha value is -1.57. The third-order valence-corrected chi connectivity index (χ3v) is 4.91. The molecule has 0 amide bonds. The summed E-state index contributed by atoms with van der Waals surface area (Å²) in [5, 5.41) is 0. The Bertz CT molecular complexity index is 527. The molecule has 0 saturated heterocycles. The van der Waals surface area contributed by atoms with Crippen LogP contribution in [-0.2, 0) is 4.79 Å². The van der Waals surface area contributed by atoms with Gasteiger partial charge < -0.3 is 4.74 Å². The summed E-state index contributed by atoms with van der Waals surface area (Å²) in [5.41, 5.74) is 2.72. The van der Waals surface area contributed by atoms with Crippen LogP contribution in [0.1, 0.15) is 83.6 Å². The van der Waals surface area contributed by atoms with E-state index in [0.717, 1.165) is 18.8 Å². The predicted molar refractivity (Wildman–Crippen MR) is 101 cm³/mol. The molecule has 0 aliphatic heterocycles. The van der Waals surface area contributed by atoms with Gasteiger partial charge in [-0.15, -0.1) is 0 Å². The summed E-state index contributed by atoms with van der Waals surface area (Å²) >= 11 is 0. The molecule has 1 aromatic rings. The highest BCUT2D eigenvalue weighted by atomic mass is 16.5. The number of esters is 1. The molecule has 1 unspecified atom stereocenters. The third kappa shape index (κ3) is 6.14. The number of unbranched alkanes of at least 4 members (excludes halogenated alkanes) is 3. The molecule has 0 aromatic heterocycles. The summed E-state index contributed by atoms with van der Waals surface area (Å²) < 4.78 is 5.43. The van der Waals surface area contributed by atoms with E-state index < -0.39 is 0 Å². The van der Waals surface area contributed by atoms with Crippen molar-refractivity contribution in [3.63, 3.8) is 0 Å². The van der Waals surface area contributed by atoms with Gasteiger partial charge in [-0.25, -0.2) is 0 Å². The van der Waals surface area contributed by atoms with Crippen molar-refractivity contribution in [2.45, 2.75) is 78.1 Å². The molecule has 0 heterocycles. The lowest BCUT2D eigenvalue weighted by Crippen LogP contribution is -2.07. The minimum Gasteiger partial charge on any atom is -0.427 e. The molecule has 1 aliphatic carbocycles. The molecule has 24 heavy (non-hydrogen) atoms. The fraction of sp³-hybridized carbons (Fsp3) is 0.591. The van der Waals surface area contributed by atoms with Gasteiger partial charge in [0.2, 0.25) is 0 Å². The number of hydrogen-bond acceptors (Lipinski definition) is 2. The maximum absolute atomic E-state index is 11.8. The smallest absolute Gasteiger partial charge is 0.311 e. The average Bonchev–Trinajstić information content (AvgIpc) is 2.60. The summed E-state index contributed by atoms with van der Waals surface area (Å²) in [6.07, 6.45) is 13.6. The molecule has 2 rings (SSSR count). The van der Waals surface area contributed by atoms with Gasteiger partial charge in [0.25, 0.3) is 0 Å². The van der Waals surface area contributed by atoms with Crippen molar-refractivity contribution in [2.24, 2.45) is 5.92 Å². The van der Waals surface area contributed by atoms with Gasteiger partial charge >= 0.3 is 5.97 Å². The number of rotatable bonds is 9. The van der Waals surface area contributed by atoms with E-state index in [2.05, 4.69) is 32.1 Å². The average molecular weight is 328 g/mol. The van der Waals surface area contributed by atoms with Gasteiger partial charge in [-0.3, -0.25) is 4.79 Å². The van der Waals surface area contributed by atoms with Gasteiger partial charge in [0.15, 0.2) is 0 Å². The quantitative estimate of drug-likeness (QED) is 0.292. The summed E-state index contributed by atoms with van der Waals surface area (Å²) in [6.45, 7) is 4.44. The summed E-state index contributed by atoms with van der Waals surface area (Å²) in [6, 6.07) is 8.04. The lowest BCUT2D eigenvalue weighted by atomic mass is 9.84. The standard InChI is InChI=1S/C22H32O2/c1-3-5-6-7-9-22(23)24-21-16-14-20(15-17-21)19-12-10-18(8-4-2)11-13-19/h12,14-18H,3-11,13H2,1-2H3. The van der Waals surface area contributed by atoms with Crippen molar-refractivity contribution in [3.05, 3.63) is 35.9 Å². The monoisotopic (exact) mass is 328 g/mol. The largest absolute Gasteiger partial charge is 0.427 e. The van der Waals surface area contributed by atoms with Crippen molar-refractivity contribution in [1.82, 2.24) is 0 Å². The van der Waals surface area contributed by atoms with Gasteiger partial charge in [0.1, 0.15) is 5.75 Å². The van der Waals surface area contributed by atoms with Crippen molar-refractivity contribution in [3.8, 4) is 5.75 Å². The normalized spacial score (nSPS) is 17.4. The second kappa shape index (κ2) is 10.3. The molecule has 0 saturated carbocycles. The van der Waals surface area contributed by atoms with Crippen LogP contribution in [0.2, 0.25) is 0 Å². The molecule has 132 valence electrons. The fourth-order valence-corrected chi connectivity index (χ4v) is 3.44. The highest BCUT2D eigenvalue weighted by molar-refractivity contribution is 5.73. The molecule has 2 nitrogen and oxygen atoms in total. The van der Waals surface area contributed by atoms with Gasteiger partial charge in [-0.05, 0) is 54.9 Å².